The van der Waals surface area contributed by atoms with E-state index in [2.05, 4.69) is 26.2 Å². The molecule has 0 saturated heterocycles. The van der Waals surface area contributed by atoms with Crippen LogP contribution < -0.4 is 10.9 Å². The molecule has 1 aromatic heterocycles. The molecule has 0 radical (unpaired) electrons. The van der Waals surface area contributed by atoms with Crippen molar-refractivity contribution in [3.63, 3.8) is 0 Å². The maximum Gasteiger partial charge on any atom is 0.261 e. The van der Waals surface area contributed by atoms with Crippen molar-refractivity contribution in [2.45, 2.75) is 6.92 Å². The lowest BCUT2D eigenvalue weighted by molar-refractivity contribution is 0.102. The van der Waals surface area contributed by atoms with Crippen LogP contribution >= 0.6 is 27.5 Å². The van der Waals surface area contributed by atoms with E-state index in [-0.39, 0.29) is 5.56 Å². The van der Waals surface area contributed by atoms with Crippen LogP contribution in [0, 0.1) is 6.92 Å². The highest BCUT2D eigenvalue weighted by molar-refractivity contribution is 9.10. The predicted octanol–water partition coefficient (Wildman–Crippen LogP) is 3.35. The number of carbonyl (C=O) groups is 1. The summed E-state index contributed by atoms with van der Waals surface area (Å²) in [6.45, 7) is 1.75. The van der Waals surface area contributed by atoms with Gasteiger partial charge >= 0.3 is 0 Å². The van der Waals surface area contributed by atoms with E-state index in [1.165, 1.54) is 6.07 Å². The standard InChI is InChI=1S/C13H10BrClN2O2/c1-7-5-6-8(12(18)16-7)13(19)17-10-4-2-3-9(15)11(10)14/h2-6H,1H3,(H,16,18)(H,17,19). The summed E-state index contributed by atoms with van der Waals surface area (Å²) >= 11 is 9.21. The summed E-state index contributed by atoms with van der Waals surface area (Å²) < 4.78 is 0.577. The molecule has 1 aromatic carbocycles. The van der Waals surface area contributed by atoms with Gasteiger partial charge in [0.05, 0.1) is 15.2 Å². The first-order valence-electron chi connectivity index (χ1n) is 5.44. The maximum absolute atomic E-state index is 12.0. The maximum atomic E-state index is 12.0. The van der Waals surface area contributed by atoms with Crippen LogP contribution in [0.15, 0.2) is 39.6 Å². The number of halogens is 2. The highest BCUT2D eigenvalue weighted by atomic mass is 79.9. The lowest BCUT2D eigenvalue weighted by Gasteiger charge is -2.08. The summed E-state index contributed by atoms with van der Waals surface area (Å²) in [6.07, 6.45) is 0. The van der Waals surface area contributed by atoms with Gasteiger partial charge in [0.25, 0.3) is 11.5 Å². The van der Waals surface area contributed by atoms with E-state index >= 15 is 0 Å². The number of pyridine rings is 1. The zero-order chi connectivity index (χ0) is 14.0. The van der Waals surface area contributed by atoms with Gasteiger partial charge in [-0.05, 0) is 47.1 Å². The number of hydrogen-bond acceptors (Lipinski definition) is 2. The molecule has 0 fully saturated rings. The van der Waals surface area contributed by atoms with Crippen LogP contribution in [-0.4, -0.2) is 10.9 Å². The molecule has 98 valence electrons. The van der Waals surface area contributed by atoms with E-state index in [0.717, 1.165) is 0 Å². The molecule has 0 spiro atoms. The number of H-pyrrole nitrogens is 1. The number of nitrogens with one attached hydrogen (secondary N) is 2. The topological polar surface area (TPSA) is 62.0 Å². The molecule has 2 rings (SSSR count). The quantitative estimate of drug-likeness (QED) is 0.880. The van der Waals surface area contributed by atoms with Gasteiger partial charge in [-0.3, -0.25) is 9.59 Å². The largest absolute Gasteiger partial charge is 0.326 e. The fourth-order valence-electron chi connectivity index (χ4n) is 1.54. The number of aromatic amines is 1. The molecule has 0 bridgehead atoms. The molecule has 0 aliphatic carbocycles. The summed E-state index contributed by atoms with van der Waals surface area (Å²) in [7, 11) is 0. The zero-order valence-corrected chi connectivity index (χ0v) is 12.3. The molecule has 2 N–H and O–H groups in total. The molecular weight excluding hydrogens is 332 g/mol. The van der Waals surface area contributed by atoms with E-state index in [9.17, 15) is 9.59 Å². The number of hydrogen-bond donors (Lipinski definition) is 2. The zero-order valence-electron chi connectivity index (χ0n) is 9.96. The smallest absolute Gasteiger partial charge is 0.261 e. The van der Waals surface area contributed by atoms with Crippen LogP contribution in [0.25, 0.3) is 0 Å². The minimum atomic E-state index is -0.482. The van der Waals surface area contributed by atoms with E-state index in [1.807, 2.05) is 0 Å². The van der Waals surface area contributed by atoms with E-state index in [1.54, 1.807) is 31.2 Å². The molecular formula is C13H10BrClN2O2. The number of carbonyl (C=O) groups excluding carboxylic acids is 1. The highest BCUT2D eigenvalue weighted by Crippen LogP contribution is 2.30. The Morgan fingerprint density at radius 1 is 1.32 bits per heavy atom. The second-order valence-electron chi connectivity index (χ2n) is 3.94. The van der Waals surface area contributed by atoms with Crippen LogP contribution in [-0.2, 0) is 0 Å². The summed E-state index contributed by atoms with van der Waals surface area (Å²) in [5.41, 5.74) is 0.844. The van der Waals surface area contributed by atoms with Crippen LogP contribution in [0.3, 0.4) is 0 Å². The van der Waals surface area contributed by atoms with Gasteiger partial charge < -0.3 is 10.3 Å². The number of aryl methyl sites for hydroxylation is 1. The van der Waals surface area contributed by atoms with Crippen molar-refractivity contribution in [3.8, 4) is 0 Å². The number of benzene rings is 1. The average molecular weight is 342 g/mol. The van der Waals surface area contributed by atoms with Gasteiger partial charge in [0.1, 0.15) is 5.56 Å². The third-order valence-corrected chi connectivity index (χ3v) is 3.90. The van der Waals surface area contributed by atoms with Crippen LogP contribution in [0.1, 0.15) is 16.1 Å². The Balaban J connectivity index is 2.31. The second-order valence-corrected chi connectivity index (χ2v) is 5.14. The monoisotopic (exact) mass is 340 g/mol. The van der Waals surface area contributed by atoms with Gasteiger partial charge in [-0.1, -0.05) is 17.7 Å². The molecule has 0 atom stereocenters. The molecule has 0 unspecified atom stereocenters. The number of rotatable bonds is 2. The Bertz CT molecular complexity index is 697. The molecule has 0 saturated carbocycles. The minimum Gasteiger partial charge on any atom is -0.326 e. The van der Waals surface area contributed by atoms with Gasteiger partial charge in [-0.15, -0.1) is 0 Å². The summed E-state index contributed by atoms with van der Waals surface area (Å²) in [5.74, 6) is -0.482. The van der Waals surface area contributed by atoms with Gasteiger partial charge in [0.15, 0.2) is 0 Å². The molecule has 2 aromatic rings. The molecule has 1 heterocycles. The molecule has 19 heavy (non-hydrogen) atoms. The Hall–Kier alpha value is -1.59. The van der Waals surface area contributed by atoms with Crippen LogP contribution in [0.5, 0.6) is 0 Å². The van der Waals surface area contributed by atoms with Crippen molar-refractivity contribution in [2.24, 2.45) is 0 Å². The van der Waals surface area contributed by atoms with Crippen molar-refractivity contribution >= 4 is 39.1 Å². The Labute approximate surface area is 122 Å². The van der Waals surface area contributed by atoms with Crippen molar-refractivity contribution in [2.75, 3.05) is 5.32 Å². The Morgan fingerprint density at radius 2 is 2.05 bits per heavy atom. The summed E-state index contributed by atoms with van der Waals surface area (Å²) in [4.78, 5) is 26.3. The number of aromatic nitrogens is 1. The minimum absolute atomic E-state index is 0.0532. The van der Waals surface area contributed by atoms with Crippen molar-refractivity contribution in [3.05, 3.63) is 61.4 Å². The Morgan fingerprint density at radius 3 is 2.74 bits per heavy atom. The second kappa shape index (κ2) is 5.59. The first kappa shape index (κ1) is 13.8. The fourth-order valence-corrected chi connectivity index (χ4v) is 2.08. The first-order valence-corrected chi connectivity index (χ1v) is 6.61. The lowest BCUT2D eigenvalue weighted by atomic mass is 10.2. The lowest BCUT2D eigenvalue weighted by Crippen LogP contribution is -2.23. The normalized spacial score (nSPS) is 10.3. The summed E-state index contributed by atoms with van der Waals surface area (Å²) in [6, 6.07) is 8.25. The average Bonchev–Trinajstić information content (AvgIpc) is 2.34. The third kappa shape index (κ3) is 3.05. The molecule has 0 aliphatic heterocycles. The molecule has 0 aliphatic rings. The predicted molar refractivity (Wildman–Crippen MR) is 78.9 cm³/mol. The fraction of sp³-hybridized carbons (Fsp3) is 0.0769. The first-order chi connectivity index (χ1) is 8.99. The third-order valence-electron chi connectivity index (χ3n) is 2.50. The van der Waals surface area contributed by atoms with Crippen LogP contribution in [0.4, 0.5) is 5.69 Å². The molecule has 4 nitrogen and oxygen atoms in total. The van der Waals surface area contributed by atoms with Crippen LogP contribution in [0.2, 0.25) is 5.02 Å². The highest BCUT2D eigenvalue weighted by Gasteiger charge is 2.13. The van der Waals surface area contributed by atoms with Gasteiger partial charge in [0.2, 0.25) is 0 Å². The van der Waals surface area contributed by atoms with E-state index in [0.29, 0.717) is 20.9 Å². The van der Waals surface area contributed by atoms with Gasteiger partial charge in [-0.2, -0.15) is 0 Å². The van der Waals surface area contributed by atoms with Crippen molar-refractivity contribution in [1.29, 1.82) is 0 Å². The molecule has 1 amide bonds. The van der Waals surface area contributed by atoms with Crippen molar-refractivity contribution in [1.82, 2.24) is 4.98 Å². The number of amides is 1. The van der Waals surface area contributed by atoms with Gasteiger partial charge in [0, 0.05) is 5.69 Å². The Kier molecular flexibility index (Phi) is 4.07. The SMILES string of the molecule is Cc1ccc(C(=O)Nc2cccc(Cl)c2Br)c(=O)[nH]1. The summed E-state index contributed by atoms with van der Waals surface area (Å²) in [5, 5.41) is 3.12. The number of anilines is 1. The van der Waals surface area contributed by atoms with Gasteiger partial charge in [-0.25, -0.2) is 0 Å². The van der Waals surface area contributed by atoms with E-state index in [4.69, 9.17) is 11.6 Å². The van der Waals surface area contributed by atoms with E-state index < -0.39 is 11.5 Å². The molecule has 6 heteroatoms. The van der Waals surface area contributed by atoms with Crippen molar-refractivity contribution < 1.29 is 4.79 Å².